The van der Waals surface area contributed by atoms with Gasteiger partial charge in [0.1, 0.15) is 0 Å². The van der Waals surface area contributed by atoms with Crippen LogP contribution in [0.1, 0.15) is 42.4 Å². The quantitative estimate of drug-likeness (QED) is 0.649. The molecule has 16 heavy (non-hydrogen) atoms. The summed E-state index contributed by atoms with van der Waals surface area (Å²) in [5, 5.41) is 0. The van der Waals surface area contributed by atoms with E-state index in [9.17, 15) is 4.79 Å². The fourth-order valence-electron chi connectivity index (χ4n) is 2.11. The molecule has 0 heterocycles. The van der Waals surface area contributed by atoms with E-state index in [2.05, 4.69) is 38.1 Å². The van der Waals surface area contributed by atoms with Crippen LogP contribution in [0.3, 0.4) is 0 Å². The Balaban J connectivity index is 2.27. The predicted octanol–water partition coefficient (Wildman–Crippen LogP) is 3.83. The van der Waals surface area contributed by atoms with E-state index in [0.29, 0.717) is 5.78 Å². The maximum atomic E-state index is 11.7. The van der Waals surface area contributed by atoms with Crippen LogP contribution in [-0.2, 0) is 4.79 Å². The van der Waals surface area contributed by atoms with Crippen LogP contribution >= 0.6 is 0 Å². The summed E-state index contributed by atoms with van der Waals surface area (Å²) in [5.74, 6) is 0.337. The number of ketones is 1. The van der Waals surface area contributed by atoms with Crippen molar-refractivity contribution in [3.8, 4) is 0 Å². The van der Waals surface area contributed by atoms with E-state index in [1.54, 1.807) is 0 Å². The Labute approximate surface area is 97.2 Å². The molecular formula is C15H18O. The highest BCUT2D eigenvalue weighted by molar-refractivity contribution is 6.00. The Morgan fingerprint density at radius 2 is 1.81 bits per heavy atom. The fraction of sp³-hybridized carbons (Fsp3) is 0.400. The molecule has 0 aromatic heterocycles. The zero-order chi connectivity index (χ0) is 11.5. The van der Waals surface area contributed by atoms with E-state index in [-0.39, 0.29) is 0 Å². The molecule has 1 aliphatic carbocycles. The minimum Gasteiger partial charge on any atom is -0.295 e. The van der Waals surface area contributed by atoms with E-state index in [1.165, 1.54) is 11.1 Å². The van der Waals surface area contributed by atoms with Gasteiger partial charge >= 0.3 is 0 Å². The van der Waals surface area contributed by atoms with E-state index in [1.807, 2.05) is 0 Å². The first-order chi connectivity index (χ1) is 7.66. The molecule has 1 aromatic rings. The Kier molecular flexibility index (Phi) is 3.23. The summed E-state index contributed by atoms with van der Waals surface area (Å²) in [6, 6.07) is 6.37. The third-order valence-electron chi connectivity index (χ3n) is 3.33. The first kappa shape index (κ1) is 11.1. The Hall–Kier alpha value is -1.37. The number of carbonyl (C=O) groups is 1. The maximum absolute atomic E-state index is 11.7. The average Bonchev–Trinajstić information content (AvgIpc) is 2.27. The number of aryl methyl sites for hydroxylation is 2. The molecule has 1 aromatic carbocycles. The number of hydrogen-bond acceptors (Lipinski definition) is 1. The minimum atomic E-state index is 0.337. The standard InChI is InChI=1S/C15H18O/c1-11-7-8-13(9-12(11)2)10-14-5-3-4-6-15(14)16/h7-10H,3-6H2,1-2H3/b14-10-. The molecule has 0 atom stereocenters. The van der Waals surface area contributed by atoms with Crippen molar-refractivity contribution in [3.63, 3.8) is 0 Å². The number of carbonyl (C=O) groups excluding carboxylic acids is 1. The molecule has 0 bridgehead atoms. The van der Waals surface area contributed by atoms with Gasteiger partial charge in [-0.1, -0.05) is 18.2 Å². The SMILES string of the molecule is Cc1ccc(/C=C2/CCCCC2=O)cc1C. The van der Waals surface area contributed by atoms with Crippen molar-refractivity contribution in [2.45, 2.75) is 39.5 Å². The second-order valence-electron chi connectivity index (χ2n) is 4.64. The first-order valence-electron chi connectivity index (χ1n) is 5.98. The van der Waals surface area contributed by atoms with Crippen molar-refractivity contribution < 1.29 is 4.79 Å². The minimum absolute atomic E-state index is 0.337. The number of rotatable bonds is 1. The van der Waals surface area contributed by atoms with Gasteiger partial charge in [0.05, 0.1) is 0 Å². The molecule has 0 radical (unpaired) electrons. The van der Waals surface area contributed by atoms with Gasteiger partial charge in [-0.05, 0) is 61.4 Å². The van der Waals surface area contributed by atoms with Gasteiger partial charge in [0.25, 0.3) is 0 Å². The molecule has 84 valence electrons. The van der Waals surface area contributed by atoms with Gasteiger partial charge in [-0.15, -0.1) is 0 Å². The molecule has 1 fully saturated rings. The number of benzene rings is 1. The van der Waals surface area contributed by atoms with E-state index < -0.39 is 0 Å². The van der Waals surface area contributed by atoms with Crippen molar-refractivity contribution in [2.75, 3.05) is 0 Å². The highest BCUT2D eigenvalue weighted by Gasteiger charge is 2.14. The third-order valence-corrected chi connectivity index (χ3v) is 3.33. The molecule has 0 saturated heterocycles. The van der Waals surface area contributed by atoms with Crippen LogP contribution in [0.4, 0.5) is 0 Å². The summed E-state index contributed by atoms with van der Waals surface area (Å²) >= 11 is 0. The Morgan fingerprint density at radius 1 is 1.06 bits per heavy atom. The van der Waals surface area contributed by atoms with Gasteiger partial charge in [-0.2, -0.15) is 0 Å². The lowest BCUT2D eigenvalue weighted by Gasteiger charge is -2.12. The van der Waals surface area contributed by atoms with Crippen LogP contribution in [0.25, 0.3) is 6.08 Å². The number of allylic oxidation sites excluding steroid dienone is 1. The molecule has 1 saturated carbocycles. The maximum Gasteiger partial charge on any atom is 0.158 e. The molecule has 0 spiro atoms. The van der Waals surface area contributed by atoms with Gasteiger partial charge in [0.15, 0.2) is 5.78 Å². The highest BCUT2D eigenvalue weighted by Crippen LogP contribution is 2.22. The van der Waals surface area contributed by atoms with Crippen molar-refractivity contribution in [3.05, 3.63) is 40.5 Å². The smallest absolute Gasteiger partial charge is 0.158 e. The number of Topliss-reactive ketones (excluding diaryl/α,β-unsaturated/α-hetero) is 1. The summed E-state index contributed by atoms with van der Waals surface area (Å²) in [4.78, 5) is 11.7. The van der Waals surface area contributed by atoms with Gasteiger partial charge in [-0.25, -0.2) is 0 Å². The van der Waals surface area contributed by atoms with Crippen molar-refractivity contribution in [1.82, 2.24) is 0 Å². The van der Waals surface area contributed by atoms with Crippen LogP contribution < -0.4 is 0 Å². The molecule has 0 N–H and O–H groups in total. The van der Waals surface area contributed by atoms with Gasteiger partial charge in [0, 0.05) is 6.42 Å². The molecule has 0 aliphatic heterocycles. The molecule has 2 rings (SSSR count). The lowest BCUT2D eigenvalue weighted by atomic mass is 9.91. The van der Waals surface area contributed by atoms with E-state index in [4.69, 9.17) is 0 Å². The third kappa shape index (κ3) is 2.41. The van der Waals surface area contributed by atoms with Gasteiger partial charge < -0.3 is 0 Å². The summed E-state index contributed by atoms with van der Waals surface area (Å²) < 4.78 is 0. The zero-order valence-corrected chi connectivity index (χ0v) is 10.0. The van der Waals surface area contributed by atoms with E-state index >= 15 is 0 Å². The zero-order valence-electron chi connectivity index (χ0n) is 10.0. The molecule has 1 aliphatic rings. The average molecular weight is 214 g/mol. The van der Waals surface area contributed by atoms with Crippen molar-refractivity contribution in [2.24, 2.45) is 0 Å². The monoisotopic (exact) mass is 214 g/mol. The fourth-order valence-corrected chi connectivity index (χ4v) is 2.11. The Bertz CT molecular complexity index is 441. The first-order valence-corrected chi connectivity index (χ1v) is 5.98. The predicted molar refractivity (Wildman–Crippen MR) is 67.4 cm³/mol. The van der Waals surface area contributed by atoms with Crippen molar-refractivity contribution >= 4 is 11.9 Å². The largest absolute Gasteiger partial charge is 0.295 e. The van der Waals surface area contributed by atoms with Gasteiger partial charge in [0.2, 0.25) is 0 Å². The van der Waals surface area contributed by atoms with E-state index in [0.717, 1.165) is 36.8 Å². The van der Waals surface area contributed by atoms with Crippen LogP contribution in [0.2, 0.25) is 0 Å². The van der Waals surface area contributed by atoms with Crippen LogP contribution in [-0.4, -0.2) is 5.78 Å². The summed E-state index contributed by atoms with van der Waals surface area (Å²) in [5.41, 5.74) is 4.76. The van der Waals surface area contributed by atoms with Crippen molar-refractivity contribution in [1.29, 1.82) is 0 Å². The molecule has 0 unspecified atom stereocenters. The summed E-state index contributed by atoms with van der Waals surface area (Å²) in [6.07, 6.45) is 5.96. The van der Waals surface area contributed by atoms with Crippen LogP contribution in [0, 0.1) is 13.8 Å². The second-order valence-corrected chi connectivity index (χ2v) is 4.64. The number of hydrogen-bond donors (Lipinski definition) is 0. The summed E-state index contributed by atoms with van der Waals surface area (Å²) in [7, 11) is 0. The Morgan fingerprint density at radius 3 is 2.50 bits per heavy atom. The summed E-state index contributed by atoms with van der Waals surface area (Å²) in [6.45, 7) is 4.22. The highest BCUT2D eigenvalue weighted by atomic mass is 16.1. The van der Waals surface area contributed by atoms with Crippen LogP contribution in [0.5, 0.6) is 0 Å². The lowest BCUT2D eigenvalue weighted by molar-refractivity contribution is -0.116. The molecule has 1 heteroatoms. The second kappa shape index (κ2) is 4.65. The topological polar surface area (TPSA) is 17.1 Å². The lowest BCUT2D eigenvalue weighted by Crippen LogP contribution is -2.07. The molecular weight excluding hydrogens is 196 g/mol. The van der Waals surface area contributed by atoms with Crippen LogP contribution in [0.15, 0.2) is 23.8 Å². The normalized spacial score (nSPS) is 19.1. The van der Waals surface area contributed by atoms with Gasteiger partial charge in [-0.3, -0.25) is 4.79 Å². The molecule has 0 amide bonds. The molecule has 1 nitrogen and oxygen atoms in total.